The fourth-order valence-electron chi connectivity index (χ4n) is 1.88. The summed E-state index contributed by atoms with van der Waals surface area (Å²) in [5, 5.41) is 5.99. The molecule has 2 aromatic rings. The molecule has 0 saturated heterocycles. The van der Waals surface area contributed by atoms with Gasteiger partial charge >= 0.3 is 0 Å². The summed E-state index contributed by atoms with van der Waals surface area (Å²) < 4.78 is 0. The van der Waals surface area contributed by atoms with E-state index in [0.717, 1.165) is 11.5 Å². The Bertz CT molecular complexity index is 571. The highest BCUT2D eigenvalue weighted by Crippen LogP contribution is 2.23. The van der Waals surface area contributed by atoms with E-state index in [9.17, 15) is 4.79 Å². The number of hydrogen-bond acceptors (Lipinski definition) is 3. The fourth-order valence-corrected chi connectivity index (χ4v) is 1.88. The van der Waals surface area contributed by atoms with Gasteiger partial charge in [-0.1, -0.05) is 18.2 Å². The number of nitrogens with one attached hydrogen (secondary N) is 2. The second kappa shape index (κ2) is 5.52. The molecule has 0 atom stereocenters. The van der Waals surface area contributed by atoms with E-state index >= 15 is 0 Å². The zero-order chi connectivity index (χ0) is 13.8. The van der Waals surface area contributed by atoms with Gasteiger partial charge in [0.2, 0.25) is 5.91 Å². The number of aryl methyl sites for hydroxylation is 2. The van der Waals surface area contributed by atoms with Gasteiger partial charge in [-0.2, -0.15) is 0 Å². The lowest BCUT2D eigenvalue weighted by Gasteiger charge is -2.12. The Kier molecular flexibility index (Phi) is 3.80. The number of carbonyl (C=O) groups excluding carboxylic acids is 1. The lowest BCUT2D eigenvalue weighted by Crippen LogP contribution is -2.06. The number of benzene rings is 1. The van der Waals surface area contributed by atoms with Gasteiger partial charge < -0.3 is 10.6 Å². The van der Waals surface area contributed by atoms with E-state index in [1.807, 2.05) is 18.2 Å². The van der Waals surface area contributed by atoms with Crippen LogP contribution in [0.5, 0.6) is 0 Å². The van der Waals surface area contributed by atoms with E-state index in [2.05, 4.69) is 41.6 Å². The molecule has 0 aliphatic heterocycles. The molecule has 0 aliphatic carbocycles. The van der Waals surface area contributed by atoms with E-state index in [-0.39, 0.29) is 5.91 Å². The molecule has 0 spiro atoms. The summed E-state index contributed by atoms with van der Waals surface area (Å²) in [7, 11) is 0. The number of pyridine rings is 1. The average Bonchev–Trinajstić information content (AvgIpc) is 2.35. The maximum Gasteiger partial charge on any atom is 0.221 e. The largest absolute Gasteiger partial charge is 0.340 e. The average molecular weight is 255 g/mol. The molecule has 0 bridgehead atoms. The fraction of sp³-hybridized carbons (Fsp3) is 0.200. The predicted octanol–water partition coefficient (Wildman–Crippen LogP) is 3.40. The van der Waals surface area contributed by atoms with Crippen molar-refractivity contribution in [2.75, 3.05) is 10.6 Å². The van der Waals surface area contributed by atoms with Crippen molar-refractivity contribution in [2.45, 2.75) is 20.8 Å². The van der Waals surface area contributed by atoms with Crippen molar-refractivity contribution in [3.63, 3.8) is 0 Å². The molecule has 19 heavy (non-hydrogen) atoms. The number of aromatic nitrogens is 1. The van der Waals surface area contributed by atoms with Crippen molar-refractivity contribution in [1.29, 1.82) is 0 Å². The van der Waals surface area contributed by atoms with Crippen LogP contribution in [0.15, 0.2) is 36.5 Å². The Morgan fingerprint density at radius 1 is 1.11 bits per heavy atom. The number of carbonyl (C=O) groups is 1. The number of rotatable bonds is 3. The summed E-state index contributed by atoms with van der Waals surface area (Å²) in [5.74, 6) is 0.656. The topological polar surface area (TPSA) is 54.0 Å². The van der Waals surface area contributed by atoms with Crippen LogP contribution in [-0.4, -0.2) is 10.9 Å². The molecule has 1 heterocycles. The standard InChI is InChI=1S/C15H17N3O/c1-10-5-4-6-11(2)15(10)18-14-8-7-13(9-16-14)17-12(3)19/h4-9H,1-3H3,(H,16,18)(H,17,19). The minimum absolute atomic E-state index is 0.0998. The zero-order valence-electron chi connectivity index (χ0n) is 11.3. The molecule has 1 aromatic heterocycles. The molecule has 2 rings (SSSR count). The van der Waals surface area contributed by atoms with Gasteiger partial charge in [-0.05, 0) is 37.1 Å². The summed E-state index contributed by atoms with van der Waals surface area (Å²) in [6, 6.07) is 9.81. The molecule has 2 N–H and O–H groups in total. The van der Waals surface area contributed by atoms with Gasteiger partial charge in [-0.15, -0.1) is 0 Å². The van der Waals surface area contributed by atoms with Gasteiger partial charge in [0.15, 0.2) is 0 Å². The van der Waals surface area contributed by atoms with Gasteiger partial charge in [-0.3, -0.25) is 4.79 Å². The minimum Gasteiger partial charge on any atom is -0.340 e. The first-order valence-electron chi connectivity index (χ1n) is 6.13. The predicted molar refractivity (Wildman–Crippen MR) is 77.7 cm³/mol. The van der Waals surface area contributed by atoms with E-state index in [4.69, 9.17) is 0 Å². The van der Waals surface area contributed by atoms with Crippen LogP contribution in [0.25, 0.3) is 0 Å². The lowest BCUT2D eigenvalue weighted by molar-refractivity contribution is -0.114. The molecule has 0 radical (unpaired) electrons. The van der Waals surface area contributed by atoms with Crippen LogP contribution in [0, 0.1) is 13.8 Å². The smallest absolute Gasteiger partial charge is 0.221 e. The molecule has 0 aliphatic rings. The summed E-state index contributed by atoms with van der Waals surface area (Å²) >= 11 is 0. The quantitative estimate of drug-likeness (QED) is 0.883. The van der Waals surface area contributed by atoms with Crippen molar-refractivity contribution in [3.05, 3.63) is 47.7 Å². The normalized spacial score (nSPS) is 10.1. The molecule has 1 amide bonds. The first kappa shape index (κ1) is 13.1. The van der Waals surface area contributed by atoms with Gasteiger partial charge in [0.05, 0.1) is 11.9 Å². The molecular formula is C15H17N3O. The Balaban J connectivity index is 2.18. The molecule has 0 saturated carbocycles. The monoisotopic (exact) mass is 255 g/mol. The van der Waals surface area contributed by atoms with Crippen LogP contribution in [0.2, 0.25) is 0 Å². The van der Waals surface area contributed by atoms with E-state index in [1.54, 1.807) is 6.20 Å². The molecule has 4 heteroatoms. The van der Waals surface area contributed by atoms with Crippen LogP contribution in [0.3, 0.4) is 0 Å². The molecule has 0 fully saturated rings. The summed E-state index contributed by atoms with van der Waals surface area (Å²) in [5.41, 5.74) is 4.11. The number of amides is 1. The summed E-state index contributed by atoms with van der Waals surface area (Å²) in [6.07, 6.45) is 1.64. The van der Waals surface area contributed by atoms with E-state index in [1.165, 1.54) is 18.1 Å². The summed E-state index contributed by atoms with van der Waals surface area (Å²) in [6.45, 7) is 5.59. The van der Waals surface area contributed by atoms with E-state index in [0.29, 0.717) is 5.69 Å². The molecule has 4 nitrogen and oxygen atoms in total. The Hall–Kier alpha value is -2.36. The highest BCUT2D eigenvalue weighted by molar-refractivity contribution is 5.88. The second-order valence-electron chi connectivity index (χ2n) is 4.51. The highest BCUT2D eigenvalue weighted by atomic mass is 16.1. The Morgan fingerprint density at radius 2 is 1.79 bits per heavy atom. The first-order valence-corrected chi connectivity index (χ1v) is 6.13. The van der Waals surface area contributed by atoms with Crippen molar-refractivity contribution in [2.24, 2.45) is 0 Å². The van der Waals surface area contributed by atoms with Crippen LogP contribution in [0.1, 0.15) is 18.1 Å². The van der Waals surface area contributed by atoms with Crippen molar-refractivity contribution >= 4 is 23.1 Å². The van der Waals surface area contributed by atoms with Gasteiger partial charge in [0.1, 0.15) is 5.82 Å². The van der Waals surface area contributed by atoms with E-state index < -0.39 is 0 Å². The number of hydrogen-bond donors (Lipinski definition) is 2. The Labute approximate surface area is 112 Å². The molecule has 1 aromatic carbocycles. The zero-order valence-corrected chi connectivity index (χ0v) is 11.3. The maximum absolute atomic E-state index is 10.9. The van der Waals surface area contributed by atoms with Gasteiger partial charge in [0.25, 0.3) is 0 Å². The third-order valence-corrected chi connectivity index (χ3v) is 2.82. The van der Waals surface area contributed by atoms with Crippen LogP contribution < -0.4 is 10.6 Å². The van der Waals surface area contributed by atoms with Crippen LogP contribution in [0.4, 0.5) is 17.2 Å². The number of para-hydroxylation sites is 1. The molecule has 0 unspecified atom stereocenters. The number of anilines is 3. The van der Waals surface area contributed by atoms with Crippen LogP contribution >= 0.6 is 0 Å². The molecule has 98 valence electrons. The van der Waals surface area contributed by atoms with Gasteiger partial charge in [0, 0.05) is 12.6 Å². The van der Waals surface area contributed by atoms with Crippen LogP contribution in [-0.2, 0) is 4.79 Å². The SMILES string of the molecule is CC(=O)Nc1ccc(Nc2c(C)cccc2C)nc1. The van der Waals surface area contributed by atoms with Crippen molar-refractivity contribution in [3.8, 4) is 0 Å². The summed E-state index contributed by atoms with van der Waals surface area (Å²) in [4.78, 5) is 15.2. The van der Waals surface area contributed by atoms with Gasteiger partial charge in [-0.25, -0.2) is 4.98 Å². The third kappa shape index (κ3) is 3.31. The highest BCUT2D eigenvalue weighted by Gasteiger charge is 2.03. The number of nitrogens with zero attached hydrogens (tertiary/aromatic N) is 1. The second-order valence-corrected chi connectivity index (χ2v) is 4.51. The van der Waals surface area contributed by atoms with Crippen molar-refractivity contribution < 1.29 is 4.79 Å². The third-order valence-electron chi connectivity index (χ3n) is 2.82. The lowest BCUT2D eigenvalue weighted by atomic mass is 10.1. The maximum atomic E-state index is 10.9. The minimum atomic E-state index is -0.0998. The first-order chi connectivity index (χ1) is 9.06. The Morgan fingerprint density at radius 3 is 2.32 bits per heavy atom. The molecular weight excluding hydrogens is 238 g/mol. The van der Waals surface area contributed by atoms with Crippen molar-refractivity contribution in [1.82, 2.24) is 4.98 Å².